The zero-order chi connectivity index (χ0) is 11.9. The molecule has 2 rings (SSSR count). The van der Waals surface area contributed by atoms with Crippen LogP contribution in [-0.2, 0) is 4.79 Å². The number of nitrogens with one attached hydrogen (secondary N) is 1. The Kier molecular flexibility index (Phi) is 2.93. The first-order valence-corrected chi connectivity index (χ1v) is 6.15. The number of rotatable bonds is 2. The van der Waals surface area contributed by atoms with Crippen LogP contribution in [0.25, 0.3) is 0 Å². The maximum Gasteiger partial charge on any atom is 0.227 e. The molecule has 0 radical (unpaired) electrons. The smallest absolute Gasteiger partial charge is 0.227 e. The first-order valence-electron chi connectivity index (χ1n) is 5.35. The van der Waals surface area contributed by atoms with E-state index >= 15 is 0 Å². The van der Waals surface area contributed by atoms with Crippen LogP contribution >= 0.6 is 15.9 Å². The molecule has 1 fully saturated rings. The Morgan fingerprint density at radius 1 is 1.56 bits per heavy atom. The average molecular weight is 283 g/mol. The summed E-state index contributed by atoms with van der Waals surface area (Å²) in [5, 5.41) is 2.91. The summed E-state index contributed by atoms with van der Waals surface area (Å²) in [5.74, 6) is 0.768. The molecule has 1 amide bonds. The first-order chi connectivity index (χ1) is 7.49. The van der Waals surface area contributed by atoms with Crippen LogP contribution in [0.4, 0.5) is 11.4 Å². The van der Waals surface area contributed by atoms with Crippen LogP contribution in [0.2, 0.25) is 0 Å². The predicted molar refractivity (Wildman–Crippen MR) is 69.2 cm³/mol. The molecule has 4 heteroatoms. The summed E-state index contributed by atoms with van der Waals surface area (Å²) in [7, 11) is 0. The Labute approximate surface area is 104 Å². The molecule has 0 spiro atoms. The van der Waals surface area contributed by atoms with Gasteiger partial charge >= 0.3 is 0 Å². The molecular formula is C12H15BrN2O. The van der Waals surface area contributed by atoms with E-state index in [-0.39, 0.29) is 11.8 Å². The summed E-state index contributed by atoms with van der Waals surface area (Å²) in [5.41, 5.74) is 8.21. The lowest BCUT2D eigenvalue weighted by Crippen LogP contribution is -2.16. The number of carbonyl (C=O) groups is 1. The van der Waals surface area contributed by atoms with Gasteiger partial charge in [-0.2, -0.15) is 0 Å². The van der Waals surface area contributed by atoms with Crippen molar-refractivity contribution in [2.45, 2.75) is 20.3 Å². The van der Waals surface area contributed by atoms with E-state index < -0.39 is 0 Å². The number of nitrogens with two attached hydrogens (primary N) is 1. The van der Waals surface area contributed by atoms with Gasteiger partial charge in [-0.1, -0.05) is 22.9 Å². The molecule has 1 aliphatic rings. The first kappa shape index (κ1) is 11.5. The number of amides is 1. The lowest BCUT2D eigenvalue weighted by Gasteiger charge is -2.11. The summed E-state index contributed by atoms with van der Waals surface area (Å²) < 4.78 is 0.931. The van der Waals surface area contributed by atoms with Gasteiger partial charge in [0.2, 0.25) is 5.91 Å². The number of halogens is 1. The van der Waals surface area contributed by atoms with Gasteiger partial charge in [-0.25, -0.2) is 0 Å². The second-order valence-electron chi connectivity index (χ2n) is 4.50. The fourth-order valence-corrected chi connectivity index (χ4v) is 2.43. The maximum absolute atomic E-state index is 11.8. The van der Waals surface area contributed by atoms with E-state index in [1.165, 1.54) is 0 Å². The Morgan fingerprint density at radius 2 is 2.19 bits per heavy atom. The monoisotopic (exact) mass is 282 g/mol. The van der Waals surface area contributed by atoms with E-state index in [0.717, 1.165) is 22.1 Å². The highest BCUT2D eigenvalue weighted by Gasteiger charge is 2.39. The van der Waals surface area contributed by atoms with Crippen molar-refractivity contribution in [2.75, 3.05) is 11.1 Å². The van der Waals surface area contributed by atoms with Crippen LogP contribution in [-0.4, -0.2) is 5.91 Å². The second kappa shape index (κ2) is 4.09. The van der Waals surface area contributed by atoms with Gasteiger partial charge in [-0.3, -0.25) is 4.79 Å². The van der Waals surface area contributed by atoms with Crippen molar-refractivity contribution in [3.63, 3.8) is 0 Å². The van der Waals surface area contributed by atoms with Crippen molar-refractivity contribution in [2.24, 2.45) is 11.8 Å². The van der Waals surface area contributed by atoms with E-state index in [0.29, 0.717) is 11.6 Å². The van der Waals surface area contributed by atoms with Gasteiger partial charge in [0.1, 0.15) is 0 Å². The molecule has 2 atom stereocenters. The molecule has 1 saturated carbocycles. The van der Waals surface area contributed by atoms with Gasteiger partial charge in [-0.05, 0) is 37.0 Å². The zero-order valence-electron chi connectivity index (χ0n) is 9.38. The minimum absolute atomic E-state index is 0.0876. The molecule has 0 bridgehead atoms. The van der Waals surface area contributed by atoms with Gasteiger partial charge < -0.3 is 11.1 Å². The lowest BCUT2D eigenvalue weighted by atomic mass is 10.1. The Morgan fingerprint density at radius 3 is 2.69 bits per heavy atom. The van der Waals surface area contributed by atoms with E-state index in [1.807, 2.05) is 13.0 Å². The number of aryl methyl sites for hydroxylation is 1. The average Bonchev–Trinajstić information content (AvgIpc) is 2.88. The molecule has 0 aliphatic heterocycles. The van der Waals surface area contributed by atoms with Crippen LogP contribution in [0.1, 0.15) is 18.9 Å². The SMILES string of the molecule is Cc1cc(Br)cc(N)c1NC(=O)C1CC1C. The van der Waals surface area contributed by atoms with E-state index in [2.05, 4.69) is 28.2 Å². The lowest BCUT2D eigenvalue weighted by molar-refractivity contribution is -0.117. The summed E-state index contributed by atoms with van der Waals surface area (Å²) in [4.78, 5) is 11.8. The van der Waals surface area contributed by atoms with Crippen molar-refractivity contribution in [3.05, 3.63) is 22.2 Å². The summed E-state index contributed by atoms with van der Waals surface area (Å²) in [6.45, 7) is 4.02. The van der Waals surface area contributed by atoms with Gasteiger partial charge in [-0.15, -0.1) is 0 Å². The molecule has 0 heterocycles. The van der Waals surface area contributed by atoms with E-state index in [9.17, 15) is 4.79 Å². The van der Waals surface area contributed by atoms with Crippen LogP contribution in [0.15, 0.2) is 16.6 Å². The molecule has 0 aromatic heterocycles. The molecule has 3 N–H and O–H groups in total. The minimum atomic E-state index is 0.0876. The normalized spacial score (nSPS) is 22.9. The van der Waals surface area contributed by atoms with Gasteiger partial charge in [0, 0.05) is 10.4 Å². The summed E-state index contributed by atoms with van der Waals surface area (Å²) in [6, 6.07) is 3.75. The third-order valence-corrected chi connectivity index (χ3v) is 3.48. The van der Waals surface area contributed by atoms with Gasteiger partial charge in [0.25, 0.3) is 0 Å². The zero-order valence-corrected chi connectivity index (χ0v) is 11.0. The van der Waals surface area contributed by atoms with Crippen LogP contribution in [0.5, 0.6) is 0 Å². The highest BCUT2D eigenvalue weighted by Crippen LogP contribution is 2.39. The van der Waals surface area contributed by atoms with Crippen molar-refractivity contribution in [3.8, 4) is 0 Å². The van der Waals surface area contributed by atoms with Crippen molar-refractivity contribution >= 4 is 33.2 Å². The molecular weight excluding hydrogens is 268 g/mol. The third-order valence-electron chi connectivity index (χ3n) is 3.03. The molecule has 16 heavy (non-hydrogen) atoms. The fraction of sp³-hybridized carbons (Fsp3) is 0.417. The number of hydrogen-bond acceptors (Lipinski definition) is 2. The Hall–Kier alpha value is -1.03. The number of anilines is 2. The van der Waals surface area contributed by atoms with E-state index in [1.54, 1.807) is 6.07 Å². The number of benzene rings is 1. The third kappa shape index (κ3) is 2.21. The number of carbonyl (C=O) groups excluding carboxylic acids is 1. The molecule has 1 aliphatic carbocycles. The highest BCUT2D eigenvalue weighted by atomic mass is 79.9. The number of nitrogen functional groups attached to an aromatic ring is 1. The topological polar surface area (TPSA) is 55.1 Å². The maximum atomic E-state index is 11.8. The van der Waals surface area contributed by atoms with Gasteiger partial charge in [0.15, 0.2) is 0 Å². The van der Waals surface area contributed by atoms with Crippen LogP contribution < -0.4 is 11.1 Å². The van der Waals surface area contributed by atoms with Crippen molar-refractivity contribution < 1.29 is 4.79 Å². The molecule has 0 saturated heterocycles. The number of hydrogen-bond donors (Lipinski definition) is 2. The fourth-order valence-electron chi connectivity index (χ4n) is 1.84. The van der Waals surface area contributed by atoms with Crippen molar-refractivity contribution in [1.29, 1.82) is 0 Å². The predicted octanol–water partition coefficient (Wildman–Crippen LogP) is 2.93. The largest absolute Gasteiger partial charge is 0.397 e. The summed E-state index contributed by atoms with van der Waals surface area (Å²) >= 11 is 3.37. The van der Waals surface area contributed by atoms with Gasteiger partial charge in [0.05, 0.1) is 11.4 Å². The molecule has 1 aromatic rings. The Balaban J connectivity index is 2.18. The van der Waals surface area contributed by atoms with Crippen molar-refractivity contribution in [1.82, 2.24) is 0 Å². The quantitative estimate of drug-likeness (QED) is 0.820. The standard InChI is InChI=1S/C12H15BrN2O/c1-6-4-9(6)12(16)15-11-7(2)3-8(13)5-10(11)14/h3,5-6,9H,4,14H2,1-2H3,(H,15,16). The molecule has 86 valence electrons. The van der Waals surface area contributed by atoms with Crippen LogP contribution in [0, 0.1) is 18.8 Å². The minimum Gasteiger partial charge on any atom is -0.397 e. The molecule has 2 unspecified atom stereocenters. The highest BCUT2D eigenvalue weighted by molar-refractivity contribution is 9.10. The Bertz CT molecular complexity index is 422. The summed E-state index contributed by atoms with van der Waals surface area (Å²) in [6.07, 6.45) is 0.987. The second-order valence-corrected chi connectivity index (χ2v) is 5.41. The molecule has 1 aromatic carbocycles. The van der Waals surface area contributed by atoms with E-state index in [4.69, 9.17) is 5.73 Å². The molecule has 3 nitrogen and oxygen atoms in total. The van der Waals surface area contributed by atoms with Crippen LogP contribution in [0.3, 0.4) is 0 Å².